The fraction of sp³-hybridized carbons (Fsp3) is 0.125. The van der Waals surface area contributed by atoms with Crippen molar-refractivity contribution >= 4 is 0 Å². The predicted molar refractivity (Wildman–Crippen MR) is 78.6 cm³/mol. The molecule has 100 valence electrons. The predicted octanol–water partition coefficient (Wildman–Crippen LogP) is 2.62. The van der Waals surface area contributed by atoms with E-state index in [1.54, 1.807) is 12.4 Å². The van der Waals surface area contributed by atoms with Crippen LogP contribution in [-0.4, -0.2) is 14.8 Å². The molecule has 0 spiro atoms. The summed E-state index contributed by atoms with van der Waals surface area (Å²) in [5.41, 5.74) is 10.3. The third kappa shape index (κ3) is 2.21. The Kier molecular flexibility index (Phi) is 3.31. The number of nitrogens with two attached hydrogens (primary N) is 1. The van der Waals surface area contributed by atoms with E-state index in [4.69, 9.17) is 5.73 Å². The number of pyridine rings is 1. The molecule has 2 heterocycles. The number of aromatic nitrogens is 3. The van der Waals surface area contributed by atoms with E-state index >= 15 is 0 Å². The highest BCUT2D eigenvalue weighted by Gasteiger charge is 2.17. The van der Waals surface area contributed by atoms with Gasteiger partial charge in [0.2, 0.25) is 0 Å². The summed E-state index contributed by atoms with van der Waals surface area (Å²) in [6.07, 6.45) is 3.53. The number of nitrogens with zero attached hydrogens (tertiary/aromatic N) is 3. The van der Waals surface area contributed by atoms with Gasteiger partial charge >= 0.3 is 0 Å². The number of benzene rings is 1. The highest BCUT2D eigenvalue weighted by molar-refractivity contribution is 5.36. The van der Waals surface area contributed by atoms with Crippen molar-refractivity contribution in [1.82, 2.24) is 14.8 Å². The lowest BCUT2D eigenvalue weighted by atomic mass is 10.1. The van der Waals surface area contributed by atoms with Gasteiger partial charge < -0.3 is 5.73 Å². The molecule has 0 fully saturated rings. The van der Waals surface area contributed by atoms with E-state index in [-0.39, 0.29) is 6.04 Å². The van der Waals surface area contributed by atoms with Crippen LogP contribution in [0, 0.1) is 6.92 Å². The first-order valence-corrected chi connectivity index (χ1v) is 6.54. The third-order valence-corrected chi connectivity index (χ3v) is 3.34. The minimum absolute atomic E-state index is 0.293. The van der Waals surface area contributed by atoms with E-state index in [9.17, 15) is 0 Å². The molecule has 0 aliphatic carbocycles. The van der Waals surface area contributed by atoms with Gasteiger partial charge in [-0.2, -0.15) is 5.10 Å². The largest absolute Gasteiger partial charge is 0.318 e. The van der Waals surface area contributed by atoms with Gasteiger partial charge in [-0.05, 0) is 36.8 Å². The molecular formula is C16H16N4. The Morgan fingerprint density at radius 2 is 1.80 bits per heavy atom. The first-order valence-electron chi connectivity index (χ1n) is 6.54. The molecule has 4 heteroatoms. The Morgan fingerprint density at radius 1 is 1.00 bits per heavy atom. The fourth-order valence-corrected chi connectivity index (χ4v) is 2.30. The summed E-state index contributed by atoms with van der Waals surface area (Å²) in [5.74, 6) is 0. The molecule has 2 aromatic heterocycles. The molecule has 0 bridgehead atoms. The minimum atomic E-state index is -0.293. The van der Waals surface area contributed by atoms with Crippen LogP contribution in [0.1, 0.15) is 23.0 Å². The van der Waals surface area contributed by atoms with Crippen LogP contribution in [0.5, 0.6) is 0 Å². The highest BCUT2D eigenvalue weighted by Crippen LogP contribution is 2.22. The summed E-state index contributed by atoms with van der Waals surface area (Å²) in [4.78, 5) is 4.40. The fourth-order valence-electron chi connectivity index (χ4n) is 2.30. The van der Waals surface area contributed by atoms with Crippen molar-refractivity contribution in [2.75, 3.05) is 0 Å². The van der Waals surface area contributed by atoms with Crippen LogP contribution in [0.25, 0.3) is 5.69 Å². The smallest absolute Gasteiger partial charge is 0.0904 e. The molecule has 4 nitrogen and oxygen atoms in total. The molecule has 0 amide bonds. The summed E-state index contributed by atoms with van der Waals surface area (Å²) < 4.78 is 1.86. The Morgan fingerprint density at radius 3 is 2.55 bits per heavy atom. The minimum Gasteiger partial charge on any atom is -0.318 e. The van der Waals surface area contributed by atoms with E-state index in [1.165, 1.54) is 0 Å². The molecule has 0 saturated heterocycles. The molecule has 3 aromatic rings. The zero-order chi connectivity index (χ0) is 13.9. The normalized spacial score (nSPS) is 12.3. The lowest BCUT2D eigenvalue weighted by Crippen LogP contribution is -2.19. The summed E-state index contributed by atoms with van der Waals surface area (Å²) in [5, 5.41) is 4.37. The second kappa shape index (κ2) is 5.27. The molecule has 1 atom stereocenters. The van der Waals surface area contributed by atoms with E-state index < -0.39 is 0 Å². The van der Waals surface area contributed by atoms with Crippen LogP contribution in [0.2, 0.25) is 0 Å². The van der Waals surface area contributed by atoms with Gasteiger partial charge in [0.15, 0.2) is 0 Å². The highest BCUT2D eigenvalue weighted by atomic mass is 15.3. The van der Waals surface area contributed by atoms with Crippen LogP contribution in [-0.2, 0) is 0 Å². The first-order chi connectivity index (χ1) is 9.77. The molecule has 1 aromatic carbocycles. The van der Waals surface area contributed by atoms with Gasteiger partial charge in [-0.1, -0.05) is 24.3 Å². The Hall–Kier alpha value is -2.46. The maximum Gasteiger partial charge on any atom is 0.0904 e. The van der Waals surface area contributed by atoms with Crippen LogP contribution < -0.4 is 5.73 Å². The maximum absolute atomic E-state index is 6.38. The standard InChI is InChI=1S/C16H16N4/c1-12-6-5-10-18-16(12)15(17)14-9-11-19-20(14)13-7-3-2-4-8-13/h2-11,15H,17H2,1H3. The Balaban J connectivity index is 2.04. The molecule has 0 saturated carbocycles. The van der Waals surface area contributed by atoms with Crippen molar-refractivity contribution in [1.29, 1.82) is 0 Å². The van der Waals surface area contributed by atoms with Crippen molar-refractivity contribution in [2.24, 2.45) is 5.73 Å². The zero-order valence-electron chi connectivity index (χ0n) is 11.3. The number of hydrogen-bond donors (Lipinski definition) is 1. The van der Waals surface area contributed by atoms with Gasteiger partial charge in [0.25, 0.3) is 0 Å². The molecule has 2 N–H and O–H groups in total. The average Bonchev–Trinajstić information content (AvgIpc) is 2.97. The monoisotopic (exact) mass is 264 g/mol. The Labute approximate surface area is 117 Å². The molecule has 0 radical (unpaired) electrons. The summed E-state index contributed by atoms with van der Waals surface area (Å²) in [6.45, 7) is 2.02. The lowest BCUT2D eigenvalue weighted by Gasteiger charge is -2.15. The van der Waals surface area contributed by atoms with Crippen molar-refractivity contribution in [3.8, 4) is 5.69 Å². The maximum atomic E-state index is 6.38. The van der Waals surface area contributed by atoms with Crippen molar-refractivity contribution in [3.63, 3.8) is 0 Å². The van der Waals surface area contributed by atoms with Crippen LogP contribution in [0.4, 0.5) is 0 Å². The number of rotatable bonds is 3. The van der Waals surface area contributed by atoms with Gasteiger partial charge in [-0.15, -0.1) is 0 Å². The quantitative estimate of drug-likeness (QED) is 0.791. The van der Waals surface area contributed by atoms with Gasteiger partial charge in [-0.25, -0.2) is 4.68 Å². The van der Waals surface area contributed by atoms with Crippen LogP contribution in [0.3, 0.4) is 0 Å². The van der Waals surface area contributed by atoms with Crippen LogP contribution >= 0.6 is 0 Å². The summed E-state index contributed by atoms with van der Waals surface area (Å²) >= 11 is 0. The van der Waals surface area contributed by atoms with Gasteiger partial charge in [0.05, 0.1) is 23.1 Å². The molecule has 0 aliphatic rings. The van der Waals surface area contributed by atoms with Crippen molar-refractivity contribution in [2.45, 2.75) is 13.0 Å². The van der Waals surface area contributed by atoms with Crippen molar-refractivity contribution < 1.29 is 0 Å². The number of para-hydroxylation sites is 1. The zero-order valence-corrected chi connectivity index (χ0v) is 11.3. The second-order valence-electron chi connectivity index (χ2n) is 4.69. The first kappa shape index (κ1) is 12.6. The van der Waals surface area contributed by atoms with Gasteiger partial charge in [-0.3, -0.25) is 4.98 Å². The van der Waals surface area contributed by atoms with Gasteiger partial charge in [0.1, 0.15) is 0 Å². The van der Waals surface area contributed by atoms with E-state index in [0.717, 1.165) is 22.6 Å². The van der Waals surface area contributed by atoms with Crippen LogP contribution in [0.15, 0.2) is 60.9 Å². The number of hydrogen-bond acceptors (Lipinski definition) is 3. The second-order valence-corrected chi connectivity index (χ2v) is 4.69. The van der Waals surface area contributed by atoms with E-state index in [2.05, 4.69) is 10.1 Å². The summed E-state index contributed by atoms with van der Waals surface area (Å²) in [6, 6.07) is 15.5. The van der Waals surface area contributed by atoms with Crippen molar-refractivity contribution in [3.05, 3.63) is 77.9 Å². The number of aryl methyl sites for hydroxylation is 1. The van der Waals surface area contributed by atoms with Gasteiger partial charge in [0, 0.05) is 12.4 Å². The molecule has 20 heavy (non-hydrogen) atoms. The SMILES string of the molecule is Cc1cccnc1C(N)c1ccnn1-c1ccccc1. The molecule has 3 rings (SSSR count). The Bertz CT molecular complexity index is 703. The third-order valence-electron chi connectivity index (χ3n) is 3.34. The lowest BCUT2D eigenvalue weighted by molar-refractivity contribution is 0.718. The summed E-state index contributed by atoms with van der Waals surface area (Å²) in [7, 11) is 0. The van der Waals surface area contributed by atoms with E-state index in [0.29, 0.717) is 0 Å². The topological polar surface area (TPSA) is 56.7 Å². The molecule has 0 aliphatic heterocycles. The average molecular weight is 264 g/mol. The van der Waals surface area contributed by atoms with E-state index in [1.807, 2.05) is 60.1 Å². The molecular weight excluding hydrogens is 248 g/mol. The molecule has 1 unspecified atom stereocenters.